The molecule has 140 valence electrons. The van der Waals surface area contributed by atoms with Gasteiger partial charge in [0, 0.05) is 12.7 Å². The van der Waals surface area contributed by atoms with Crippen molar-refractivity contribution in [3.8, 4) is 17.2 Å². The number of hydrogen-bond acceptors (Lipinski definition) is 5. The van der Waals surface area contributed by atoms with Crippen LogP contribution in [-0.2, 0) is 0 Å². The summed E-state index contributed by atoms with van der Waals surface area (Å²) in [7, 11) is 4.85. The summed E-state index contributed by atoms with van der Waals surface area (Å²) < 4.78 is 12.9. The van der Waals surface area contributed by atoms with Crippen molar-refractivity contribution in [3.05, 3.63) is 63.9 Å². The Morgan fingerprint density at radius 2 is 1.67 bits per heavy atom. The number of nitrogens with zero attached hydrogens (tertiary/aromatic N) is 2. The van der Waals surface area contributed by atoms with E-state index in [2.05, 4.69) is 5.32 Å². The third-order valence-electron chi connectivity index (χ3n) is 4.11. The fourth-order valence-electron chi connectivity index (χ4n) is 2.78. The third kappa shape index (κ3) is 3.59. The summed E-state index contributed by atoms with van der Waals surface area (Å²) in [5, 5.41) is 2.69. The number of benzene rings is 2. The largest absolute Gasteiger partial charge is 0.495 e. The van der Waals surface area contributed by atoms with Gasteiger partial charge in [-0.2, -0.15) is 0 Å². The zero-order chi connectivity index (χ0) is 19.4. The molecule has 0 bridgehead atoms. The Hall–Kier alpha value is -3.06. The van der Waals surface area contributed by atoms with Gasteiger partial charge < -0.3 is 14.8 Å². The minimum atomic E-state index is -0.150. The van der Waals surface area contributed by atoms with Crippen LogP contribution < -0.4 is 19.6 Å². The molecule has 1 aromatic heterocycles. The van der Waals surface area contributed by atoms with Crippen molar-refractivity contribution in [2.75, 3.05) is 21.3 Å². The first-order chi connectivity index (χ1) is 13.1. The van der Waals surface area contributed by atoms with Crippen molar-refractivity contribution in [2.24, 2.45) is 4.99 Å². The zero-order valence-corrected chi connectivity index (χ0v) is 16.5. The number of thiazole rings is 1. The number of amides is 1. The standard InChI is InChI=1S/C20H21N3O3S/c1-13-18(19(24)21-2)27-20(22-14-9-5-7-11-16(14)25-3)23(13)15-10-6-8-12-17(15)26-4/h5-12H,1-4H3,(H,21,24). The van der Waals surface area contributed by atoms with E-state index in [0.29, 0.717) is 26.9 Å². The first-order valence-corrected chi connectivity index (χ1v) is 9.18. The molecule has 1 amide bonds. The molecule has 0 aliphatic carbocycles. The van der Waals surface area contributed by atoms with E-state index >= 15 is 0 Å². The SMILES string of the molecule is CNC(=O)c1sc(=Nc2ccccc2OC)n(-c2ccccc2OC)c1C. The van der Waals surface area contributed by atoms with Crippen LogP contribution in [0.2, 0.25) is 0 Å². The Morgan fingerprint density at radius 3 is 2.33 bits per heavy atom. The van der Waals surface area contributed by atoms with Gasteiger partial charge in [0.1, 0.15) is 22.1 Å². The molecule has 0 atom stereocenters. The van der Waals surface area contributed by atoms with Crippen LogP contribution in [0.4, 0.5) is 5.69 Å². The van der Waals surface area contributed by atoms with E-state index in [9.17, 15) is 4.79 Å². The van der Waals surface area contributed by atoms with Crippen LogP contribution >= 0.6 is 11.3 Å². The summed E-state index contributed by atoms with van der Waals surface area (Å²) in [4.78, 5) is 18.4. The number of hydrogen-bond donors (Lipinski definition) is 1. The summed E-state index contributed by atoms with van der Waals surface area (Å²) in [5.74, 6) is 1.21. The number of aromatic nitrogens is 1. The molecule has 7 heteroatoms. The van der Waals surface area contributed by atoms with Crippen LogP contribution in [0.25, 0.3) is 5.69 Å². The van der Waals surface area contributed by atoms with Crippen LogP contribution in [0.5, 0.6) is 11.5 Å². The molecule has 27 heavy (non-hydrogen) atoms. The topological polar surface area (TPSA) is 64.8 Å². The molecule has 0 fully saturated rings. The number of ether oxygens (including phenoxy) is 2. The van der Waals surface area contributed by atoms with Gasteiger partial charge in [-0.1, -0.05) is 35.6 Å². The van der Waals surface area contributed by atoms with Crippen molar-refractivity contribution < 1.29 is 14.3 Å². The van der Waals surface area contributed by atoms with Gasteiger partial charge in [-0.15, -0.1) is 0 Å². The molecule has 0 saturated heterocycles. The molecule has 6 nitrogen and oxygen atoms in total. The molecule has 0 aliphatic rings. The van der Waals surface area contributed by atoms with Gasteiger partial charge in [-0.3, -0.25) is 9.36 Å². The van der Waals surface area contributed by atoms with Crippen LogP contribution in [-0.4, -0.2) is 31.7 Å². The number of carbonyl (C=O) groups excluding carboxylic acids is 1. The second-order valence-corrected chi connectivity index (χ2v) is 6.65. The highest BCUT2D eigenvalue weighted by atomic mass is 32.1. The fourth-order valence-corrected chi connectivity index (χ4v) is 3.86. The van der Waals surface area contributed by atoms with Crippen LogP contribution in [0.3, 0.4) is 0 Å². The van der Waals surface area contributed by atoms with E-state index in [1.165, 1.54) is 11.3 Å². The monoisotopic (exact) mass is 383 g/mol. The zero-order valence-electron chi connectivity index (χ0n) is 15.6. The lowest BCUT2D eigenvalue weighted by Crippen LogP contribution is -2.18. The fraction of sp³-hybridized carbons (Fsp3) is 0.200. The Labute approximate surface area is 161 Å². The maximum atomic E-state index is 12.3. The van der Waals surface area contributed by atoms with Gasteiger partial charge in [0.25, 0.3) is 5.91 Å². The van der Waals surface area contributed by atoms with Crippen LogP contribution in [0.15, 0.2) is 53.5 Å². The summed E-state index contributed by atoms with van der Waals surface area (Å²) in [5.41, 5.74) is 2.29. The maximum Gasteiger partial charge on any atom is 0.263 e. The van der Waals surface area contributed by atoms with E-state index in [-0.39, 0.29) is 5.91 Å². The maximum absolute atomic E-state index is 12.3. The number of carbonyl (C=O) groups is 1. The van der Waals surface area contributed by atoms with Gasteiger partial charge in [-0.25, -0.2) is 4.99 Å². The smallest absolute Gasteiger partial charge is 0.263 e. The summed E-state index contributed by atoms with van der Waals surface area (Å²) in [6, 6.07) is 15.2. The molecular weight excluding hydrogens is 362 g/mol. The van der Waals surface area contributed by atoms with E-state index in [4.69, 9.17) is 14.5 Å². The van der Waals surface area contributed by atoms with E-state index in [0.717, 1.165) is 11.4 Å². The molecular formula is C20H21N3O3S. The van der Waals surface area contributed by atoms with Crippen molar-refractivity contribution in [2.45, 2.75) is 6.92 Å². The molecule has 0 aliphatic heterocycles. The molecule has 0 radical (unpaired) electrons. The Bertz CT molecular complexity index is 1040. The molecule has 1 N–H and O–H groups in total. The van der Waals surface area contributed by atoms with Crippen LogP contribution in [0, 0.1) is 6.92 Å². The Kier molecular flexibility index (Phi) is 5.61. The summed E-state index contributed by atoms with van der Waals surface area (Å²) >= 11 is 1.32. The van der Waals surface area contributed by atoms with Gasteiger partial charge in [-0.05, 0) is 31.2 Å². The number of rotatable bonds is 5. The summed E-state index contributed by atoms with van der Waals surface area (Å²) in [6.07, 6.45) is 0. The minimum absolute atomic E-state index is 0.150. The second kappa shape index (κ2) is 8.09. The molecule has 3 aromatic rings. The molecule has 0 spiro atoms. The highest BCUT2D eigenvalue weighted by molar-refractivity contribution is 7.11. The Balaban J connectivity index is 2.33. The first kappa shape index (κ1) is 18.7. The predicted octanol–water partition coefficient (Wildman–Crippen LogP) is 3.46. The highest BCUT2D eigenvalue weighted by Crippen LogP contribution is 2.28. The minimum Gasteiger partial charge on any atom is -0.495 e. The molecule has 2 aromatic carbocycles. The lowest BCUT2D eigenvalue weighted by molar-refractivity contribution is 0.0966. The van der Waals surface area contributed by atoms with Gasteiger partial charge in [0.2, 0.25) is 0 Å². The van der Waals surface area contributed by atoms with Crippen LogP contribution in [0.1, 0.15) is 15.4 Å². The molecule has 0 saturated carbocycles. The van der Waals surface area contributed by atoms with E-state index < -0.39 is 0 Å². The Morgan fingerprint density at radius 1 is 1.04 bits per heavy atom. The average Bonchev–Trinajstić information content (AvgIpc) is 3.03. The normalized spacial score (nSPS) is 11.3. The molecule has 3 rings (SSSR count). The lowest BCUT2D eigenvalue weighted by atomic mass is 10.2. The number of methoxy groups -OCH3 is 2. The first-order valence-electron chi connectivity index (χ1n) is 8.36. The number of para-hydroxylation sites is 4. The van der Waals surface area contributed by atoms with Gasteiger partial charge in [0.05, 0.1) is 19.9 Å². The van der Waals surface area contributed by atoms with Crippen molar-refractivity contribution in [1.82, 2.24) is 9.88 Å². The van der Waals surface area contributed by atoms with Gasteiger partial charge in [0.15, 0.2) is 4.80 Å². The van der Waals surface area contributed by atoms with Crippen molar-refractivity contribution >= 4 is 22.9 Å². The average molecular weight is 383 g/mol. The third-order valence-corrected chi connectivity index (χ3v) is 5.25. The summed E-state index contributed by atoms with van der Waals surface area (Å²) in [6.45, 7) is 1.90. The second-order valence-electron chi connectivity index (χ2n) is 5.67. The highest BCUT2D eigenvalue weighted by Gasteiger charge is 2.19. The van der Waals surface area contributed by atoms with E-state index in [1.807, 2.05) is 60.0 Å². The van der Waals surface area contributed by atoms with Gasteiger partial charge >= 0.3 is 0 Å². The predicted molar refractivity (Wildman–Crippen MR) is 107 cm³/mol. The molecule has 1 heterocycles. The van der Waals surface area contributed by atoms with Crippen molar-refractivity contribution in [3.63, 3.8) is 0 Å². The lowest BCUT2D eigenvalue weighted by Gasteiger charge is -2.11. The number of nitrogens with one attached hydrogen (secondary N) is 1. The van der Waals surface area contributed by atoms with Crippen molar-refractivity contribution in [1.29, 1.82) is 0 Å². The molecule has 0 unspecified atom stereocenters. The quantitative estimate of drug-likeness (QED) is 0.734. The van der Waals surface area contributed by atoms with E-state index in [1.54, 1.807) is 21.3 Å².